The van der Waals surface area contributed by atoms with Gasteiger partial charge in [0.25, 0.3) is 0 Å². The van der Waals surface area contributed by atoms with Gasteiger partial charge in [0.1, 0.15) is 18.3 Å². The number of hydrogen-bond acceptors (Lipinski definition) is 7. The van der Waals surface area contributed by atoms with Gasteiger partial charge in [0.2, 0.25) is 0 Å². The molecule has 7 heteroatoms. The maximum atomic E-state index is 10.6. The van der Waals surface area contributed by atoms with Crippen LogP contribution in [0.2, 0.25) is 0 Å². The molecule has 6 fully saturated rings. The first-order chi connectivity index (χ1) is 16.7. The van der Waals surface area contributed by atoms with E-state index < -0.39 is 6.10 Å². The SMILES string of the molecule is OC(COC1CC2CCC(OCC3CO3)C(C2)C1)COC1CCC2CC(OCC3CO3)CC1C2. The fourth-order valence-electron chi connectivity index (χ4n) is 7.25. The summed E-state index contributed by atoms with van der Waals surface area (Å²) >= 11 is 0. The Labute approximate surface area is 204 Å². The van der Waals surface area contributed by atoms with Gasteiger partial charge in [-0.05, 0) is 87.9 Å². The summed E-state index contributed by atoms with van der Waals surface area (Å²) in [6.45, 7) is 3.96. The smallest absolute Gasteiger partial charge is 0.104 e. The second kappa shape index (κ2) is 11.0. The van der Waals surface area contributed by atoms with E-state index in [0.29, 0.717) is 49.5 Å². The van der Waals surface area contributed by atoms with Crippen LogP contribution in [0.3, 0.4) is 0 Å². The molecule has 194 valence electrons. The van der Waals surface area contributed by atoms with Crippen molar-refractivity contribution in [3.8, 4) is 0 Å². The van der Waals surface area contributed by atoms with Crippen molar-refractivity contribution in [2.75, 3.05) is 39.6 Å². The lowest BCUT2D eigenvalue weighted by Crippen LogP contribution is -2.42. The molecule has 4 bridgehead atoms. The van der Waals surface area contributed by atoms with Crippen molar-refractivity contribution < 1.29 is 33.5 Å². The quantitative estimate of drug-likeness (QED) is 0.430. The van der Waals surface area contributed by atoms with Crippen LogP contribution in [0.15, 0.2) is 0 Å². The predicted molar refractivity (Wildman–Crippen MR) is 125 cm³/mol. The summed E-state index contributed by atoms with van der Waals surface area (Å²) in [5.74, 6) is 2.67. The lowest BCUT2D eigenvalue weighted by atomic mass is 9.69. The highest BCUT2D eigenvalue weighted by Crippen LogP contribution is 2.43. The van der Waals surface area contributed by atoms with Gasteiger partial charge in [-0.2, -0.15) is 0 Å². The highest BCUT2D eigenvalue weighted by molar-refractivity contribution is 4.91. The molecule has 0 spiro atoms. The van der Waals surface area contributed by atoms with Crippen LogP contribution in [-0.2, 0) is 28.4 Å². The van der Waals surface area contributed by atoms with E-state index >= 15 is 0 Å². The molecule has 2 heterocycles. The van der Waals surface area contributed by atoms with Crippen LogP contribution in [0.25, 0.3) is 0 Å². The standard InChI is InChI=1S/C27H44O7/c28-21(11-29-22-7-17-2-4-27(20(6-17)9-22)34-16-25-15-32-25)12-33-26-3-1-18-5-19(26)10-23(8-18)30-13-24-14-31-24/h17-28H,1-16H2. The van der Waals surface area contributed by atoms with Crippen LogP contribution in [-0.4, -0.2) is 87.5 Å². The zero-order valence-electron chi connectivity index (χ0n) is 20.6. The van der Waals surface area contributed by atoms with Crippen molar-refractivity contribution >= 4 is 0 Å². The summed E-state index contributed by atoms with van der Waals surface area (Å²) in [5.41, 5.74) is 0. The molecular formula is C27H44O7. The predicted octanol–water partition coefficient (Wildman–Crippen LogP) is 3.11. The third-order valence-corrected chi connectivity index (χ3v) is 9.21. The van der Waals surface area contributed by atoms with Crippen LogP contribution in [0.4, 0.5) is 0 Å². The molecule has 0 amide bonds. The molecule has 0 aromatic heterocycles. The van der Waals surface area contributed by atoms with E-state index in [1.165, 1.54) is 38.5 Å². The maximum absolute atomic E-state index is 10.6. The van der Waals surface area contributed by atoms with Gasteiger partial charge in [-0.25, -0.2) is 0 Å². The number of aliphatic hydroxyl groups excluding tert-OH is 1. The van der Waals surface area contributed by atoms with Crippen LogP contribution < -0.4 is 0 Å². The molecule has 4 aliphatic carbocycles. The van der Waals surface area contributed by atoms with Crippen molar-refractivity contribution in [2.24, 2.45) is 23.7 Å². The van der Waals surface area contributed by atoms with E-state index in [9.17, 15) is 5.11 Å². The number of rotatable bonds is 12. The average molecular weight is 481 g/mol. The first-order valence-corrected chi connectivity index (χ1v) is 14.1. The fourth-order valence-corrected chi connectivity index (χ4v) is 7.25. The molecule has 34 heavy (non-hydrogen) atoms. The minimum Gasteiger partial charge on any atom is -0.388 e. The molecule has 6 aliphatic rings. The van der Waals surface area contributed by atoms with E-state index in [1.807, 2.05) is 0 Å². The van der Waals surface area contributed by atoms with Gasteiger partial charge in [0.15, 0.2) is 0 Å². The topological polar surface area (TPSA) is 82.2 Å². The first kappa shape index (κ1) is 24.1. The van der Waals surface area contributed by atoms with Gasteiger partial charge in [-0.15, -0.1) is 0 Å². The Morgan fingerprint density at radius 3 is 1.76 bits per heavy atom. The lowest BCUT2D eigenvalue weighted by Gasteiger charge is -2.44. The lowest BCUT2D eigenvalue weighted by molar-refractivity contribution is -0.123. The fraction of sp³-hybridized carbons (Fsp3) is 1.00. The summed E-state index contributed by atoms with van der Waals surface area (Å²) < 4.78 is 35.4. The Morgan fingerprint density at radius 2 is 1.15 bits per heavy atom. The summed E-state index contributed by atoms with van der Waals surface area (Å²) in [6, 6.07) is 0. The Hall–Kier alpha value is -0.280. The molecule has 1 N–H and O–H groups in total. The van der Waals surface area contributed by atoms with Crippen LogP contribution in [0.1, 0.15) is 64.2 Å². The second-order valence-corrected chi connectivity index (χ2v) is 12.0. The third kappa shape index (κ3) is 6.53. The molecule has 6 rings (SSSR count). The van der Waals surface area contributed by atoms with Crippen molar-refractivity contribution in [2.45, 2.75) is 107 Å². The molecule has 2 aliphatic heterocycles. The van der Waals surface area contributed by atoms with Gasteiger partial charge in [-0.1, -0.05) is 0 Å². The van der Waals surface area contributed by atoms with Crippen LogP contribution >= 0.6 is 0 Å². The van der Waals surface area contributed by atoms with E-state index in [0.717, 1.165) is 63.9 Å². The summed E-state index contributed by atoms with van der Waals surface area (Å²) in [4.78, 5) is 0. The van der Waals surface area contributed by atoms with Gasteiger partial charge in [0, 0.05) is 0 Å². The summed E-state index contributed by atoms with van der Waals surface area (Å²) in [6.07, 6.45) is 13.0. The number of epoxide rings is 2. The zero-order chi connectivity index (χ0) is 22.9. The molecule has 0 aromatic carbocycles. The van der Waals surface area contributed by atoms with Crippen LogP contribution in [0, 0.1) is 23.7 Å². The number of aliphatic hydroxyl groups is 1. The van der Waals surface area contributed by atoms with Gasteiger partial charge in [-0.3, -0.25) is 0 Å². The number of hydrogen-bond donors (Lipinski definition) is 1. The highest BCUT2D eigenvalue weighted by atomic mass is 16.6. The number of fused-ring (bicyclic) bond motifs is 4. The normalized spacial score (nSPS) is 46.1. The van der Waals surface area contributed by atoms with Crippen molar-refractivity contribution in [1.29, 1.82) is 0 Å². The molecule has 7 nitrogen and oxygen atoms in total. The molecule has 11 unspecified atom stereocenters. The first-order valence-electron chi connectivity index (χ1n) is 14.1. The van der Waals surface area contributed by atoms with Gasteiger partial charge >= 0.3 is 0 Å². The van der Waals surface area contributed by atoms with E-state index in [1.54, 1.807) is 0 Å². The van der Waals surface area contributed by atoms with Crippen molar-refractivity contribution in [1.82, 2.24) is 0 Å². The molecule has 11 atom stereocenters. The Bertz CT molecular complexity index is 653. The molecular weight excluding hydrogens is 436 g/mol. The Balaban J connectivity index is 0.903. The summed E-state index contributed by atoms with van der Waals surface area (Å²) in [7, 11) is 0. The Morgan fingerprint density at radius 1 is 0.618 bits per heavy atom. The van der Waals surface area contributed by atoms with Crippen LogP contribution in [0.5, 0.6) is 0 Å². The van der Waals surface area contributed by atoms with Gasteiger partial charge in [0.05, 0.1) is 64.1 Å². The second-order valence-electron chi connectivity index (χ2n) is 12.0. The molecule has 2 saturated heterocycles. The maximum Gasteiger partial charge on any atom is 0.104 e. The van der Waals surface area contributed by atoms with Gasteiger partial charge < -0.3 is 33.5 Å². The largest absolute Gasteiger partial charge is 0.388 e. The van der Waals surface area contributed by atoms with E-state index in [2.05, 4.69) is 0 Å². The Kier molecular flexibility index (Phi) is 7.79. The number of ether oxygens (including phenoxy) is 6. The minimum atomic E-state index is -0.554. The van der Waals surface area contributed by atoms with E-state index in [4.69, 9.17) is 28.4 Å². The monoisotopic (exact) mass is 480 g/mol. The van der Waals surface area contributed by atoms with Crippen molar-refractivity contribution in [3.63, 3.8) is 0 Å². The molecule has 0 radical (unpaired) electrons. The third-order valence-electron chi connectivity index (χ3n) is 9.21. The average Bonchev–Trinajstić information content (AvgIpc) is 3.76. The zero-order valence-corrected chi connectivity index (χ0v) is 20.6. The molecule has 4 saturated carbocycles. The van der Waals surface area contributed by atoms with Crippen molar-refractivity contribution in [3.05, 3.63) is 0 Å². The van der Waals surface area contributed by atoms with E-state index in [-0.39, 0.29) is 12.2 Å². The summed E-state index contributed by atoms with van der Waals surface area (Å²) in [5, 5.41) is 10.6. The molecule has 0 aromatic rings. The minimum absolute atomic E-state index is 0.240. The highest BCUT2D eigenvalue weighted by Gasteiger charge is 2.41.